The van der Waals surface area contributed by atoms with Gasteiger partial charge in [-0.3, -0.25) is 9.69 Å². The fourth-order valence-electron chi connectivity index (χ4n) is 1.97. The first kappa shape index (κ1) is 13.1. The van der Waals surface area contributed by atoms with Crippen LogP contribution in [-0.4, -0.2) is 11.8 Å². The van der Waals surface area contributed by atoms with Crippen LogP contribution in [-0.2, 0) is 4.79 Å². The fourth-order valence-corrected chi connectivity index (χ4v) is 2.84. The third-order valence-corrected chi connectivity index (χ3v) is 3.84. The molecule has 94 valence electrons. The predicted octanol–water partition coefficient (Wildman–Crippen LogP) is 4.27. The quantitative estimate of drug-likeness (QED) is 0.769. The molecule has 0 aliphatic rings. The van der Waals surface area contributed by atoms with Crippen LogP contribution in [0.1, 0.15) is 11.1 Å². The van der Waals surface area contributed by atoms with Gasteiger partial charge >= 0.3 is 0 Å². The Balaban J connectivity index is 2.57. The van der Waals surface area contributed by atoms with Crippen LogP contribution in [0, 0.1) is 13.8 Å². The van der Waals surface area contributed by atoms with Crippen molar-refractivity contribution in [2.45, 2.75) is 13.8 Å². The van der Waals surface area contributed by atoms with Crippen LogP contribution in [0.2, 0.25) is 0 Å². The van der Waals surface area contributed by atoms with Crippen LogP contribution in [0.25, 0.3) is 0 Å². The smallest absolute Gasteiger partial charge is 0.247 e. The van der Waals surface area contributed by atoms with Crippen molar-refractivity contribution in [1.29, 1.82) is 0 Å². The lowest BCUT2D eigenvalue weighted by Gasteiger charge is -2.24. The van der Waals surface area contributed by atoms with E-state index in [9.17, 15) is 4.79 Å². The third-order valence-electron chi connectivity index (χ3n) is 2.75. The molecule has 0 aliphatic heterocycles. The first-order valence-corrected chi connectivity index (χ1v) is 7.05. The Labute approximate surface area is 116 Å². The maximum Gasteiger partial charge on any atom is 0.247 e. The van der Waals surface area contributed by atoms with Crippen LogP contribution in [0.4, 0.5) is 10.7 Å². The molecule has 2 aromatic rings. The van der Waals surface area contributed by atoms with E-state index < -0.39 is 0 Å². The standard InChI is InChI=1S/C14H14ClNOS/c1-10-5-3-6-11(2)14(10)16(12(17)9-15)13-7-4-8-18-13/h3-8H,9H2,1-2H3. The van der Waals surface area contributed by atoms with E-state index in [4.69, 9.17) is 11.6 Å². The molecule has 1 aromatic heterocycles. The van der Waals surface area contributed by atoms with Gasteiger partial charge in [0, 0.05) is 0 Å². The molecule has 1 amide bonds. The molecule has 0 atom stereocenters. The monoisotopic (exact) mass is 279 g/mol. The van der Waals surface area contributed by atoms with Crippen LogP contribution in [0.15, 0.2) is 35.7 Å². The highest BCUT2D eigenvalue weighted by molar-refractivity contribution is 7.14. The van der Waals surface area contributed by atoms with E-state index in [2.05, 4.69) is 0 Å². The molecule has 4 heteroatoms. The molecule has 0 aliphatic carbocycles. The minimum absolute atomic E-state index is 0.0221. The molecule has 0 N–H and O–H groups in total. The molecular weight excluding hydrogens is 266 g/mol. The van der Waals surface area contributed by atoms with E-state index in [1.165, 1.54) is 11.3 Å². The lowest BCUT2D eigenvalue weighted by atomic mass is 10.1. The van der Waals surface area contributed by atoms with E-state index in [1.807, 2.05) is 49.6 Å². The van der Waals surface area contributed by atoms with Crippen molar-refractivity contribution in [3.63, 3.8) is 0 Å². The summed E-state index contributed by atoms with van der Waals surface area (Å²) in [5.41, 5.74) is 3.08. The van der Waals surface area contributed by atoms with Crippen LogP contribution in [0.3, 0.4) is 0 Å². The van der Waals surface area contributed by atoms with Crippen molar-refractivity contribution in [2.24, 2.45) is 0 Å². The lowest BCUT2D eigenvalue weighted by Crippen LogP contribution is -2.27. The number of aryl methyl sites for hydroxylation is 2. The zero-order valence-electron chi connectivity index (χ0n) is 10.3. The number of alkyl halides is 1. The largest absolute Gasteiger partial charge is 0.273 e. The fraction of sp³-hybridized carbons (Fsp3) is 0.214. The topological polar surface area (TPSA) is 20.3 Å². The second kappa shape index (κ2) is 5.55. The van der Waals surface area contributed by atoms with Crippen LogP contribution < -0.4 is 4.90 Å². The van der Waals surface area contributed by atoms with E-state index >= 15 is 0 Å². The van der Waals surface area contributed by atoms with Gasteiger partial charge in [0.2, 0.25) is 5.91 Å². The number of hydrogen-bond donors (Lipinski definition) is 0. The average molecular weight is 280 g/mol. The molecular formula is C14H14ClNOS. The molecule has 0 fully saturated rings. The molecule has 0 spiro atoms. The van der Waals surface area contributed by atoms with Crippen LogP contribution in [0.5, 0.6) is 0 Å². The van der Waals surface area contributed by atoms with Gasteiger partial charge in [0.15, 0.2) is 0 Å². The highest BCUT2D eigenvalue weighted by Crippen LogP contribution is 2.34. The van der Waals surface area contributed by atoms with Gasteiger partial charge in [-0.05, 0) is 42.5 Å². The maximum absolute atomic E-state index is 12.1. The summed E-state index contributed by atoms with van der Waals surface area (Å²) >= 11 is 7.27. The normalized spacial score (nSPS) is 10.4. The Kier molecular flexibility index (Phi) is 4.04. The van der Waals surface area contributed by atoms with Crippen molar-refractivity contribution >= 4 is 39.5 Å². The number of amides is 1. The molecule has 2 rings (SSSR count). The summed E-state index contributed by atoms with van der Waals surface area (Å²) in [7, 11) is 0. The number of anilines is 2. The second-order valence-corrected chi connectivity index (χ2v) is 5.25. The second-order valence-electron chi connectivity index (χ2n) is 4.05. The number of para-hydroxylation sites is 1. The van der Waals surface area contributed by atoms with Gasteiger partial charge in [-0.25, -0.2) is 0 Å². The summed E-state index contributed by atoms with van der Waals surface area (Å²) < 4.78 is 0. The van der Waals surface area contributed by atoms with E-state index in [-0.39, 0.29) is 11.8 Å². The van der Waals surface area contributed by atoms with Crippen molar-refractivity contribution in [3.8, 4) is 0 Å². The van der Waals surface area contributed by atoms with Gasteiger partial charge in [0.05, 0.1) is 5.69 Å². The van der Waals surface area contributed by atoms with E-state index in [0.29, 0.717) is 0 Å². The minimum Gasteiger partial charge on any atom is -0.273 e. The average Bonchev–Trinajstić information content (AvgIpc) is 2.86. The number of carbonyl (C=O) groups is 1. The molecule has 1 aromatic carbocycles. The number of hydrogen-bond acceptors (Lipinski definition) is 2. The Morgan fingerprint density at radius 1 is 1.22 bits per heavy atom. The molecule has 0 bridgehead atoms. The van der Waals surface area contributed by atoms with Crippen molar-refractivity contribution in [3.05, 3.63) is 46.8 Å². The lowest BCUT2D eigenvalue weighted by molar-refractivity contribution is -0.115. The summed E-state index contributed by atoms with van der Waals surface area (Å²) in [4.78, 5) is 13.8. The van der Waals surface area contributed by atoms with Gasteiger partial charge in [-0.1, -0.05) is 18.2 Å². The Bertz CT molecular complexity index is 531. The zero-order chi connectivity index (χ0) is 13.1. The Morgan fingerprint density at radius 3 is 2.39 bits per heavy atom. The van der Waals surface area contributed by atoms with Crippen molar-refractivity contribution < 1.29 is 4.79 Å². The van der Waals surface area contributed by atoms with Crippen molar-refractivity contribution in [1.82, 2.24) is 0 Å². The summed E-state index contributed by atoms with van der Waals surface area (Å²) in [5, 5.41) is 2.86. The minimum atomic E-state index is -0.100. The summed E-state index contributed by atoms with van der Waals surface area (Å²) in [6.07, 6.45) is 0. The highest BCUT2D eigenvalue weighted by atomic mass is 35.5. The predicted molar refractivity (Wildman–Crippen MR) is 78.1 cm³/mol. The zero-order valence-corrected chi connectivity index (χ0v) is 11.9. The van der Waals surface area contributed by atoms with Gasteiger partial charge in [-0.2, -0.15) is 0 Å². The van der Waals surface area contributed by atoms with Gasteiger partial charge in [-0.15, -0.1) is 22.9 Å². The molecule has 1 heterocycles. The number of rotatable bonds is 3. The SMILES string of the molecule is Cc1cccc(C)c1N(C(=O)CCl)c1cccs1. The number of halogens is 1. The van der Waals surface area contributed by atoms with Gasteiger partial charge < -0.3 is 0 Å². The first-order chi connectivity index (χ1) is 8.65. The Hall–Kier alpha value is -1.32. The molecule has 0 saturated heterocycles. The highest BCUT2D eigenvalue weighted by Gasteiger charge is 2.21. The van der Waals surface area contributed by atoms with Crippen molar-refractivity contribution in [2.75, 3.05) is 10.8 Å². The first-order valence-electron chi connectivity index (χ1n) is 5.63. The summed E-state index contributed by atoms with van der Waals surface area (Å²) in [5.74, 6) is -0.123. The summed E-state index contributed by atoms with van der Waals surface area (Å²) in [6, 6.07) is 9.87. The number of benzene rings is 1. The van der Waals surface area contributed by atoms with Gasteiger partial charge in [0.25, 0.3) is 0 Å². The van der Waals surface area contributed by atoms with Gasteiger partial charge in [0.1, 0.15) is 10.9 Å². The Morgan fingerprint density at radius 2 is 1.89 bits per heavy atom. The third kappa shape index (κ3) is 2.42. The molecule has 0 saturated carbocycles. The van der Waals surface area contributed by atoms with E-state index in [0.717, 1.165) is 21.8 Å². The molecule has 2 nitrogen and oxygen atoms in total. The summed E-state index contributed by atoms with van der Waals surface area (Å²) in [6.45, 7) is 4.01. The molecule has 0 unspecified atom stereocenters. The number of carbonyl (C=O) groups excluding carboxylic acids is 1. The van der Waals surface area contributed by atoms with E-state index in [1.54, 1.807) is 4.90 Å². The number of thiophene rings is 1. The molecule has 0 radical (unpaired) electrons. The number of nitrogens with zero attached hydrogens (tertiary/aromatic N) is 1. The van der Waals surface area contributed by atoms with Crippen LogP contribution >= 0.6 is 22.9 Å². The molecule has 18 heavy (non-hydrogen) atoms. The maximum atomic E-state index is 12.1.